The van der Waals surface area contributed by atoms with Gasteiger partial charge in [0.15, 0.2) is 4.80 Å². The third-order valence-electron chi connectivity index (χ3n) is 7.39. The lowest BCUT2D eigenvalue weighted by Crippen LogP contribution is -2.43. The average molecular weight is 715 g/mol. The van der Waals surface area contributed by atoms with Crippen LogP contribution >= 0.6 is 50.5 Å². The molecule has 7 nitrogen and oxygen atoms in total. The molecule has 0 bridgehead atoms. The zero-order valence-electron chi connectivity index (χ0n) is 24.6. The summed E-state index contributed by atoms with van der Waals surface area (Å²) in [7, 11) is 1.58. The number of para-hydroxylation sites is 1. The lowest BCUT2D eigenvalue weighted by Gasteiger charge is -2.29. The van der Waals surface area contributed by atoms with Crippen LogP contribution in [0.2, 0.25) is 10.0 Å². The number of carbonyl (C=O) groups is 1. The van der Waals surface area contributed by atoms with E-state index in [0.717, 1.165) is 21.2 Å². The first-order valence-electron chi connectivity index (χ1n) is 14.0. The van der Waals surface area contributed by atoms with Crippen LogP contribution in [0.3, 0.4) is 0 Å². The van der Waals surface area contributed by atoms with Crippen molar-refractivity contribution in [2.24, 2.45) is 4.99 Å². The first-order chi connectivity index (χ1) is 21.2. The van der Waals surface area contributed by atoms with E-state index in [4.69, 9.17) is 37.7 Å². The van der Waals surface area contributed by atoms with E-state index in [1.54, 1.807) is 28.7 Å². The van der Waals surface area contributed by atoms with E-state index in [1.165, 1.54) is 11.3 Å². The molecule has 2 heterocycles. The van der Waals surface area contributed by atoms with Crippen molar-refractivity contribution in [3.8, 4) is 11.5 Å². The molecule has 0 saturated heterocycles. The zero-order valence-corrected chi connectivity index (χ0v) is 28.5. The Balaban J connectivity index is 1.55. The molecule has 0 spiro atoms. The SMILES string of the molecule is CCN(CC)C(=O)C1=C(C)N=c2s/c(=C/c3ccc(OCc4ccc(Cl)cc4Cl)c(Br)c3)c(=O)n2[C@H]1c1ccccc1OC. The summed E-state index contributed by atoms with van der Waals surface area (Å²) < 4.78 is 14.5. The molecule has 4 aromatic rings. The Morgan fingerprint density at radius 1 is 1.09 bits per heavy atom. The highest BCUT2D eigenvalue weighted by atomic mass is 79.9. The molecule has 0 N–H and O–H groups in total. The lowest BCUT2D eigenvalue weighted by atomic mass is 9.94. The van der Waals surface area contributed by atoms with Crippen LogP contribution in [0.1, 0.15) is 43.5 Å². The van der Waals surface area contributed by atoms with Crippen LogP contribution in [0.25, 0.3) is 6.08 Å². The fraction of sp³-hybridized carbons (Fsp3) is 0.242. The predicted molar refractivity (Wildman–Crippen MR) is 180 cm³/mol. The van der Waals surface area contributed by atoms with Crippen LogP contribution in [0.15, 0.2) is 86.2 Å². The number of nitrogens with zero attached hydrogens (tertiary/aromatic N) is 3. The number of hydrogen-bond acceptors (Lipinski definition) is 6. The van der Waals surface area contributed by atoms with E-state index in [2.05, 4.69) is 15.9 Å². The molecule has 0 saturated carbocycles. The summed E-state index contributed by atoms with van der Waals surface area (Å²) in [6, 6.07) is 17.6. The molecule has 5 rings (SSSR count). The number of aromatic nitrogens is 1. The minimum absolute atomic E-state index is 0.152. The molecule has 44 heavy (non-hydrogen) atoms. The molecule has 1 amide bonds. The summed E-state index contributed by atoms with van der Waals surface area (Å²) in [5.74, 6) is 1.06. The first-order valence-corrected chi connectivity index (χ1v) is 16.3. The number of benzene rings is 3. The smallest absolute Gasteiger partial charge is 0.271 e. The van der Waals surface area contributed by atoms with Gasteiger partial charge in [0.2, 0.25) is 0 Å². The molecule has 1 aliphatic rings. The van der Waals surface area contributed by atoms with Gasteiger partial charge in [-0.1, -0.05) is 64.9 Å². The largest absolute Gasteiger partial charge is 0.496 e. The maximum absolute atomic E-state index is 14.1. The highest BCUT2D eigenvalue weighted by molar-refractivity contribution is 9.10. The minimum atomic E-state index is -0.695. The number of ether oxygens (including phenoxy) is 2. The lowest BCUT2D eigenvalue weighted by molar-refractivity contribution is -0.127. The van der Waals surface area contributed by atoms with Gasteiger partial charge in [-0.2, -0.15) is 0 Å². The fourth-order valence-corrected chi connectivity index (χ4v) is 7.15. The molecule has 3 aromatic carbocycles. The van der Waals surface area contributed by atoms with Crippen molar-refractivity contribution in [2.75, 3.05) is 20.2 Å². The third kappa shape index (κ3) is 6.38. The van der Waals surface area contributed by atoms with E-state index in [0.29, 0.717) is 55.2 Å². The predicted octanol–water partition coefficient (Wildman–Crippen LogP) is 6.76. The average Bonchev–Trinajstić information content (AvgIpc) is 3.31. The Kier molecular flexibility index (Phi) is 10.00. The summed E-state index contributed by atoms with van der Waals surface area (Å²) in [5, 5.41) is 1.09. The van der Waals surface area contributed by atoms with Crippen molar-refractivity contribution in [3.63, 3.8) is 0 Å². The number of thiazole rings is 1. The Bertz CT molecular complexity index is 1950. The molecular weight excluding hydrogens is 685 g/mol. The number of carbonyl (C=O) groups excluding carboxylic acids is 1. The molecule has 0 fully saturated rings. The van der Waals surface area contributed by atoms with Crippen LogP contribution in [0.4, 0.5) is 0 Å². The maximum Gasteiger partial charge on any atom is 0.271 e. The normalized spacial score (nSPS) is 14.7. The molecule has 0 aliphatic carbocycles. The Hall–Kier alpha value is -3.37. The standard InChI is InChI=1S/C33H30BrCl2N3O4S/c1-5-38(6-2)32(41)29-19(3)37-33-39(30(29)23-9-7-8-10-26(23)42-4)31(40)28(44-33)16-20-11-14-27(24(34)15-20)43-18-21-12-13-22(35)17-25(21)36/h7-17,30H,5-6,18H2,1-4H3/b28-16+/t30-/m0/s1. The molecule has 228 valence electrons. The van der Waals surface area contributed by atoms with E-state index >= 15 is 0 Å². The second-order valence-corrected chi connectivity index (χ2v) is 12.7. The quantitative estimate of drug-likeness (QED) is 0.192. The van der Waals surface area contributed by atoms with Gasteiger partial charge in [-0.3, -0.25) is 14.2 Å². The van der Waals surface area contributed by atoms with Crippen LogP contribution in [0, 0.1) is 0 Å². The van der Waals surface area contributed by atoms with E-state index in [1.807, 2.05) is 75.4 Å². The summed E-state index contributed by atoms with van der Waals surface area (Å²) in [4.78, 5) is 34.9. The van der Waals surface area contributed by atoms with Crippen LogP contribution in [-0.2, 0) is 11.4 Å². The molecule has 11 heteroatoms. The van der Waals surface area contributed by atoms with Gasteiger partial charge in [0, 0.05) is 34.3 Å². The molecule has 0 radical (unpaired) electrons. The number of fused-ring (bicyclic) bond motifs is 1. The summed E-state index contributed by atoms with van der Waals surface area (Å²) in [5.41, 5.74) is 3.13. The highest BCUT2D eigenvalue weighted by Gasteiger charge is 2.35. The molecular formula is C33H30BrCl2N3O4S. The third-order valence-corrected chi connectivity index (χ3v) is 9.58. The monoisotopic (exact) mass is 713 g/mol. The molecule has 1 aromatic heterocycles. The van der Waals surface area contributed by atoms with Gasteiger partial charge < -0.3 is 14.4 Å². The minimum Gasteiger partial charge on any atom is -0.496 e. The zero-order chi connectivity index (χ0) is 31.5. The van der Waals surface area contributed by atoms with Gasteiger partial charge in [-0.25, -0.2) is 4.99 Å². The van der Waals surface area contributed by atoms with Crippen molar-refractivity contribution < 1.29 is 14.3 Å². The van der Waals surface area contributed by atoms with Crippen molar-refractivity contribution in [1.82, 2.24) is 9.47 Å². The Labute approximate surface area is 277 Å². The second kappa shape index (κ2) is 13.7. The number of amides is 1. The van der Waals surface area contributed by atoms with Gasteiger partial charge in [-0.15, -0.1) is 0 Å². The van der Waals surface area contributed by atoms with E-state index in [9.17, 15) is 9.59 Å². The number of rotatable bonds is 9. The van der Waals surface area contributed by atoms with Gasteiger partial charge in [0.1, 0.15) is 24.1 Å². The molecule has 1 aliphatic heterocycles. The molecule has 1 atom stereocenters. The van der Waals surface area contributed by atoms with Crippen molar-refractivity contribution >= 4 is 62.5 Å². The summed E-state index contributed by atoms with van der Waals surface area (Å²) in [6.45, 7) is 7.04. The number of halogens is 3. The number of hydrogen-bond donors (Lipinski definition) is 0. The topological polar surface area (TPSA) is 73.1 Å². The Morgan fingerprint density at radius 3 is 2.52 bits per heavy atom. The summed E-state index contributed by atoms with van der Waals surface area (Å²) in [6.07, 6.45) is 1.82. The van der Waals surface area contributed by atoms with E-state index in [-0.39, 0.29) is 18.1 Å². The second-order valence-electron chi connectivity index (χ2n) is 10.0. The maximum atomic E-state index is 14.1. The fourth-order valence-electron chi connectivity index (χ4n) is 5.13. The van der Waals surface area contributed by atoms with Gasteiger partial charge in [0.05, 0.1) is 27.4 Å². The number of allylic oxidation sites excluding steroid dienone is 1. The van der Waals surface area contributed by atoms with Crippen molar-refractivity contribution in [1.29, 1.82) is 0 Å². The number of likely N-dealkylation sites (N-methyl/N-ethyl adjacent to an activating group) is 1. The Morgan fingerprint density at radius 2 is 1.84 bits per heavy atom. The number of methoxy groups -OCH3 is 1. The van der Waals surface area contributed by atoms with Gasteiger partial charge >= 0.3 is 0 Å². The van der Waals surface area contributed by atoms with Gasteiger partial charge in [0.25, 0.3) is 11.5 Å². The van der Waals surface area contributed by atoms with E-state index < -0.39 is 6.04 Å². The van der Waals surface area contributed by atoms with Crippen LogP contribution < -0.4 is 24.4 Å². The summed E-state index contributed by atoms with van der Waals surface area (Å²) >= 11 is 17.2. The highest BCUT2D eigenvalue weighted by Crippen LogP contribution is 2.36. The van der Waals surface area contributed by atoms with Crippen molar-refractivity contribution in [2.45, 2.75) is 33.4 Å². The van der Waals surface area contributed by atoms with Crippen LogP contribution in [-0.4, -0.2) is 35.6 Å². The molecule has 0 unspecified atom stereocenters. The van der Waals surface area contributed by atoms with Crippen molar-refractivity contribution in [3.05, 3.63) is 123 Å². The van der Waals surface area contributed by atoms with Gasteiger partial charge in [-0.05, 0) is 78.7 Å². The van der Waals surface area contributed by atoms with Crippen LogP contribution in [0.5, 0.6) is 11.5 Å². The first kappa shape index (κ1) is 32.0.